The maximum Gasteiger partial charge on any atom is 0.163 e. The lowest BCUT2D eigenvalue weighted by atomic mass is 10.1. The number of carbonyl (C=O) groups excluding carboxylic acids is 1. The van der Waals surface area contributed by atoms with Crippen molar-refractivity contribution in [3.63, 3.8) is 0 Å². The summed E-state index contributed by atoms with van der Waals surface area (Å²) in [5.74, 6) is 0.0699. The maximum atomic E-state index is 11.5. The Hall–Kier alpha value is -1.91. The largest absolute Gasteiger partial charge is 0.294 e. The monoisotopic (exact) mass is 246 g/mol. The summed E-state index contributed by atoms with van der Waals surface area (Å²) in [6.45, 7) is 8.94. The molecule has 5 heteroatoms. The zero-order valence-corrected chi connectivity index (χ0v) is 11.3. The molecule has 96 valence electrons. The van der Waals surface area contributed by atoms with E-state index in [1.165, 1.54) is 0 Å². The lowest BCUT2D eigenvalue weighted by Gasteiger charge is -2.02. The maximum absolute atomic E-state index is 11.5. The number of hydrogen-bond acceptors (Lipinski definition) is 3. The summed E-state index contributed by atoms with van der Waals surface area (Å²) < 4.78 is 3.75. The van der Waals surface area contributed by atoms with E-state index in [1.807, 2.05) is 42.5 Å². The van der Waals surface area contributed by atoms with Crippen molar-refractivity contribution in [2.24, 2.45) is 0 Å². The molecule has 2 aromatic rings. The van der Waals surface area contributed by atoms with Crippen LogP contribution >= 0.6 is 0 Å². The number of ketones is 1. The minimum Gasteiger partial charge on any atom is -0.294 e. The van der Waals surface area contributed by atoms with Crippen LogP contribution in [-0.4, -0.2) is 25.3 Å². The molecule has 0 aliphatic carbocycles. The van der Waals surface area contributed by atoms with Gasteiger partial charge in [0.25, 0.3) is 0 Å². The third kappa shape index (κ3) is 2.20. The predicted molar refractivity (Wildman–Crippen MR) is 68.7 cm³/mol. The average molecular weight is 246 g/mol. The van der Waals surface area contributed by atoms with Crippen LogP contribution in [0.15, 0.2) is 12.4 Å². The van der Waals surface area contributed by atoms with Crippen molar-refractivity contribution in [1.82, 2.24) is 19.6 Å². The van der Waals surface area contributed by atoms with Crippen LogP contribution in [0.5, 0.6) is 0 Å². The molecule has 18 heavy (non-hydrogen) atoms. The third-order valence-corrected chi connectivity index (χ3v) is 3.08. The number of hydrogen-bond donors (Lipinski definition) is 0. The van der Waals surface area contributed by atoms with Gasteiger partial charge in [-0.2, -0.15) is 10.2 Å². The van der Waals surface area contributed by atoms with E-state index in [0.29, 0.717) is 6.54 Å². The van der Waals surface area contributed by atoms with E-state index < -0.39 is 0 Å². The first kappa shape index (κ1) is 12.5. The lowest BCUT2D eigenvalue weighted by Crippen LogP contribution is -2.04. The Labute approximate surface area is 106 Å². The summed E-state index contributed by atoms with van der Waals surface area (Å²) >= 11 is 0. The smallest absolute Gasteiger partial charge is 0.163 e. The molecular formula is C13H18N4O. The van der Waals surface area contributed by atoms with Crippen molar-refractivity contribution in [2.45, 2.75) is 40.8 Å². The Bertz CT molecular complexity index is 580. The van der Waals surface area contributed by atoms with Gasteiger partial charge in [-0.15, -0.1) is 0 Å². The topological polar surface area (TPSA) is 52.7 Å². The first-order valence-corrected chi connectivity index (χ1v) is 6.09. The van der Waals surface area contributed by atoms with E-state index in [9.17, 15) is 4.79 Å². The van der Waals surface area contributed by atoms with Crippen LogP contribution in [0, 0.1) is 13.8 Å². The van der Waals surface area contributed by atoms with Crippen LogP contribution in [0.4, 0.5) is 0 Å². The Morgan fingerprint density at radius 3 is 2.61 bits per heavy atom. The molecule has 2 aromatic heterocycles. The fraction of sp³-hybridized carbons (Fsp3) is 0.462. The Kier molecular flexibility index (Phi) is 3.32. The number of aryl methyl sites for hydroxylation is 2. The summed E-state index contributed by atoms with van der Waals surface area (Å²) in [6.07, 6.45) is 3.84. The van der Waals surface area contributed by atoms with Crippen molar-refractivity contribution in [1.29, 1.82) is 0 Å². The molecule has 2 heterocycles. The summed E-state index contributed by atoms with van der Waals surface area (Å²) in [4.78, 5) is 11.5. The molecule has 0 bridgehead atoms. The second-order valence-corrected chi connectivity index (χ2v) is 4.46. The van der Waals surface area contributed by atoms with E-state index in [0.717, 1.165) is 29.1 Å². The Morgan fingerprint density at radius 2 is 2.11 bits per heavy atom. The van der Waals surface area contributed by atoms with Crippen LogP contribution < -0.4 is 0 Å². The van der Waals surface area contributed by atoms with Gasteiger partial charge in [-0.25, -0.2) is 0 Å². The summed E-state index contributed by atoms with van der Waals surface area (Å²) in [6, 6.07) is 0. The molecule has 0 spiro atoms. The fourth-order valence-corrected chi connectivity index (χ4v) is 2.19. The van der Waals surface area contributed by atoms with Crippen LogP contribution in [0.3, 0.4) is 0 Å². The first-order chi connectivity index (χ1) is 8.52. The van der Waals surface area contributed by atoms with Crippen molar-refractivity contribution in [3.05, 3.63) is 34.9 Å². The van der Waals surface area contributed by atoms with E-state index in [2.05, 4.69) is 10.2 Å². The van der Waals surface area contributed by atoms with Gasteiger partial charge >= 0.3 is 0 Å². The number of carbonyl (C=O) groups is 1. The molecule has 0 unspecified atom stereocenters. The van der Waals surface area contributed by atoms with Gasteiger partial charge in [0, 0.05) is 24.0 Å². The van der Waals surface area contributed by atoms with E-state index in [-0.39, 0.29) is 5.78 Å². The molecule has 2 rings (SSSR count). The molecule has 0 amide bonds. The average Bonchev–Trinajstić information content (AvgIpc) is 2.85. The molecule has 5 nitrogen and oxygen atoms in total. The molecule has 0 fully saturated rings. The molecule has 0 saturated carbocycles. The highest BCUT2D eigenvalue weighted by Gasteiger charge is 2.15. The highest BCUT2D eigenvalue weighted by molar-refractivity contribution is 5.96. The third-order valence-electron chi connectivity index (χ3n) is 3.08. The van der Waals surface area contributed by atoms with Gasteiger partial charge < -0.3 is 0 Å². The Morgan fingerprint density at radius 1 is 1.39 bits per heavy atom. The Balaban J connectivity index is 2.29. The second kappa shape index (κ2) is 4.76. The van der Waals surface area contributed by atoms with Gasteiger partial charge in [-0.3, -0.25) is 14.2 Å². The van der Waals surface area contributed by atoms with Gasteiger partial charge in [-0.1, -0.05) is 0 Å². The van der Waals surface area contributed by atoms with E-state index in [1.54, 1.807) is 6.92 Å². The van der Waals surface area contributed by atoms with Gasteiger partial charge in [0.15, 0.2) is 5.78 Å². The number of rotatable bonds is 4. The molecule has 0 aromatic carbocycles. The zero-order chi connectivity index (χ0) is 13.3. The SMILES string of the molecule is CCn1cc(Cn2nc(C)c(C(C)=O)c2C)cn1. The summed E-state index contributed by atoms with van der Waals surface area (Å²) in [5.41, 5.74) is 3.54. The first-order valence-electron chi connectivity index (χ1n) is 6.09. The highest BCUT2D eigenvalue weighted by Crippen LogP contribution is 2.15. The van der Waals surface area contributed by atoms with Crippen LogP contribution in [0.1, 0.15) is 41.2 Å². The van der Waals surface area contributed by atoms with Gasteiger partial charge in [-0.05, 0) is 27.7 Å². The highest BCUT2D eigenvalue weighted by atomic mass is 16.1. The van der Waals surface area contributed by atoms with Gasteiger partial charge in [0.05, 0.1) is 24.0 Å². The molecular weight excluding hydrogens is 228 g/mol. The standard InChI is InChI=1S/C13H18N4O/c1-5-16-7-12(6-14-16)8-17-10(3)13(11(4)18)9(2)15-17/h6-7H,5,8H2,1-4H3. The second-order valence-electron chi connectivity index (χ2n) is 4.46. The quantitative estimate of drug-likeness (QED) is 0.775. The van der Waals surface area contributed by atoms with Crippen molar-refractivity contribution in [2.75, 3.05) is 0 Å². The number of aromatic nitrogens is 4. The van der Waals surface area contributed by atoms with Crippen LogP contribution in [0.2, 0.25) is 0 Å². The van der Waals surface area contributed by atoms with Gasteiger partial charge in [0.1, 0.15) is 0 Å². The molecule has 0 aliphatic rings. The van der Waals surface area contributed by atoms with Crippen molar-refractivity contribution >= 4 is 5.78 Å². The zero-order valence-electron chi connectivity index (χ0n) is 11.3. The molecule has 0 N–H and O–H groups in total. The van der Waals surface area contributed by atoms with Crippen LogP contribution in [0.25, 0.3) is 0 Å². The summed E-state index contributed by atoms with van der Waals surface area (Å²) in [7, 11) is 0. The summed E-state index contributed by atoms with van der Waals surface area (Å²) in [5, 5.41) is 8.65. The van der Waals surface area contributed by atoms with E-state index >= 15 is 0 Å². The normalized spacial score (nSPS) is 10.9. The minimum atomic E-state index is 0.0699. The van der Waals surface area contributed by atoms with Crippen molar-refractivity contribution < 1.29 is 4.79 Å². The molecule has 0 atom stereocenters. The fourth-order valence-electron chi connectivity index (χ4n) is 2.19. The minimum absolute atomic E-state index is 0.0699. The number of Topliss-reactive ketones (excluding diaryl/α,β-unsaturated/α-hetero) is 1. The molecule has 0 aliphatic heterocycles. The molecule has 0 radical (unpaired) electrons. The molecule has 0 saturated heterocycles. The van der Waals surface area contributed by atoms with Crippen LogP contribution in [-0.2, 0) is 13.1 Å². The number of nitrogens with zero attached hydrogens (tertiary/aromatic N) is 4. The van der Waals surface area contributed by atoms with E-state index in [4.69, 9.17) is 0 Å². The predicted octanol–water partition coefficient (Wildman–Crippen LogP) is 1.97. The lowest BCUT2D eigenvalue weighted by molar-refractivity contribution is 0.101. The van der Waals surface area contributed by atoms with Gasteiger partial charge in [0.2, 0.25) is 0 Å². The van der Waals surface area contributed by atoms with Crippen molar-refractivity contribution in [3.8, 4) is 0 Å².